The van der Waals surface area contributed by atoms with Gasteiger partial charge in [0.1, 0.15) is 0 Å². The second kappa shape index (κ2) is 5.15. The number of hydrogen-bond donors (Lipinski definition) is 2. The maximum atomic E-state index is 12.8. The highest BCUT2D eigenvalue weighted by Crippen LogP contribution is 2.43. The Bertz CT molecular complexity index is 575. The van der Waals surface area contributed by atoms with Gasteiger partial charge in [0.25, 0.3) is 0 Å². The van der Waals surface area contributed by atoms with Crippen LogP contribution in [0.25, 0.3) is 0 Å². The first-order valence-corrected chi connectivity index (χ1v) is 7.37. The summed E-state index contributed by atoms with van der Waals surface area (Å²) in [5.41, 5.74) is 7.10. The number of aliphatic carboxylic acids is 1. The van der Waals surface area contributed by atoms with Crippen molar-refractivity contribution in [1.29, 1.82) is 0 Å². The molecule has 0 spiro atoms. The Kier molecular flexibility index (Phi) is 3.45. The summed E-state index contributed by atoms with van der Waals surface area (Å²) in [6.45, 7) is 1.08. The van der Waals surface area contributed by atoms with Gasteiger partial charge in [0, 0.05) is 19.6 Å². The zero-order valence-electron chi connectivity index (χ0n) is 11.9. The Balaban J connectivity index is 1.90. The van der Waals surface area contributed by atoms with Crippen molar-refractivity contribution < 1.29 is 14.7 Å². The molecule has 0 radical (unpaired) electrons. The third-order valence-corrected chi connectivity index (χ3v) is 4.94. The molecule has 1 unspecified atom stereocenters. The number of hydrogen-bond acceptors (Lipinski definition) is 3. The summed E-state index contributed by atoms with van der Waals surface area (Å²) in [5.74, 6) is -1.50. The third-order valence-electron chi connectivity index (χ3n) is 4.94. The third kappa shape index (κ3) is 2.21. The Morgan fingerprint density at radius 2 is 2.05 bits per heavy atom. The van der Waals surface area contributed by atoms with E-state index in [1.807, 2.05) is 24.3 Å². The van der Waals surface area contributed by atoms with Crippen LogP contribution in [-0.2, 0) is 16.1 Å². The van der Waals surface area contributed by atoms with E-state index < -0.39 is 17.3 Å². The van der Waals surface area contributed by atoms with E-state index >= 15 is 0 Å². The highest BCUT2D eigenvalue weighted by atomic mass is 16.4. The van der Waals surface area contributed by atoms with Gasteiger partial charge >= 0.3 is 5.97 Å². The SMILES string of the molecule is NCC1(C(=O)N2Cc3ccccc3C(C(=O)O)C2)CCC1. The van der Waals surface area contributed by atoms with Crippen LogP contribution >= 0.6 is 0 Å². The fourth-order valence-electron chi connectivity index (χ4n) is 3.42. The molecule has 5 nitrogen and oxygen atoms in total. The van der Waals surface area contributed by atoms with Gasteiger partial charge in [-0.15, -0.1) is 0 Å². The predicted molar refractivity (Wildman–Crippen MR) is 77.6 cm³/mol. The minimum Gasteiger partial charge on any atom is -0.481 e. The molecule has 1 aromatic carbocycles. The minimum atomic E-state index is -0.879. The lowest BCUT2D eigenvalue weighted by molar-refractivity contribution is -0.150. The zero-order valence-corrected chi connectivity index (χ0v) is 11.9. The lowest BCUT2D eigenvalue weighted by atomic mass is 9.67. The van der Waals surface area contributed by atoms with Gasteiger partial charge in [-0.05, 0) is 24.0 Å². The van der Waals surface area contributed by atoms with Crippen LogP contribution in [0.2, 0.25) is 0 Å². The average molecular weight is 288 g/mol. The Labute approximate surface area is 123 Å². The lowest BCUT2D eigenvalue weighted by Gasteiger charge is -2.44. The molecule has 1 aromatic rings. The van der Waals surface area contributed by atoms with Crippen molar-refractivity contribution in [1.82, 2.24) is 4.90 Å². The normalized spacial score (nSPS) is 23.1. The van der Waals surface area contributed by atoms with Crippen molar-refractivity contribution >= 4 is 11.9 Å². The lowest BCUT2D eigenvalue weighted by Crippen LogP contribution is -2.54. The standard InChI is InChI=1S/C16H20N2O3/c17-10-16(6-3-7-16)15(21)18-8-11-4-1-2-5-12(11)13(9-18)14(19)20/h1-2,4-5,13H,3,6-10,17H2,(H,19,20). The molecule has 1 amide bonds. The Hall–Kier alpha value is -1.88. The first-order chi connectivity index (χ1) is 10.1. The van der Waals surface area contributed by atoms with Crippen molar-refractivity contribution in [2.45, 2.75) is 31.7 Å². The monoisotopic (exact) mass is 288 g/mol. The number of benzene rings is 1. The van der Waals surface area contributed by atoms with Gasteiger partial charge in [-0.1, -0.05) is 30.7 Å². The number of fused-ring (bicyclic) bond motifs is 1. The van der Waals surface area contributed by atoms with Crippen LogP contribution in [0.4, 0.5) is 0 Å². The first kappa shape index (κ1) is 14.1. The van der Waals surface area contributed by atoms with E-state index in [9.17, 15) is 14.7 Å². The van der Waals surface area contributed by atoms with Crippen molar-refractivity contribution in [2.75, 3.05) is 13.1 Å². The fraction of sp³-hybridized carbons (Fsp3) is 0.500. The second-order valence-electron chi connectivity index (χ2n) is 6.11. The number of nitrogens with zero attached hydrogens (tertiary/aromatic N) is 1. The second-order valence-corrected chi connectivity index (χ2v) is 6.11. The first-order valence-electron chi connectivity index (χ1n) is 7.37. The van der Waals surface area contributed by atoms with E-state index in [1.165, 1.54) is 0 Å². The smallest absolute Gasteiger partial charge is 0.312 e. The Morgan fingerprint density at radius 1 is 1.33 bits per heavy atom. The van der Waals surface area contributed by atoms with Crippen LogP contribution in [0, 0.1) is 5.41 Å². The molecular formula is C16H20N2O3. The molecule has 1 atom stereocenters. The zero-order chi connectivity index (χ0) is 15.0. The van der Waals surface area contributed by atoms with Crippen LogP contribution in [0.1, 0.15) is 36.3 Å². The molecule has 1 fully saturated rings. The molecule has 3 rings (SSSR count). The molecule has 0 saturated heterocycles. The molecule has 1 aliphatic carbocycles. The molecule has 1 heterocycles. The molecule has 21 heavy (non-hydrogen) atoms. The van der Waals surface area contributed by atoms with Gasteiger partial charge < -0.3 is 15.7 Å². The minimum absolute atomic E-state index is 0.0250. The summed E-state index contributed by atoms with van der Waals surface area (Å²) in [5, 5.41) is 9.45. The largest absolute Gasteiger partial charge is 0.481 e. The van der Waals surface area contributed by atoms with E-state index in [2.05, 4.69) is 0 Å². The van der Waals surface area contributed by atoms with Crippen LogP contribution in [-0.4, -0.2) is 35.0 Å². The van der Waals surface area contributed by atoms with Gasteiger partial charge in [-0.2, -0.15) is 0 Å². The summed E-state index contributed by atoms with van der Waals surface area (Å²) < 4.78 is 0. The van der Waals surface area contributed by atoms with E-state index in [0.29, 0.717) is 13.1 Å². The summed E-state index contributed by atoms with van der Waals surface area (Å²) in [7, 11) is 0. The van der Waals surface area contributed by atoms with Crippen molar-refractivity contribution in [3.8, 4) is 0 Å². The van der Waals surface area contributed by atoms with Gasteiger partial charge in [0.15, 0.2) is 0 Å². The van der Waals surface area contributed by atoms with E-state index in [4.69, 9.17) is 5.73 Å². The van der Waals surface area contributed by atoms with E-state index in [-0.39, 0.29) is 12.5 Å². The Morgan fingerprint density at radius 3 is 2.62 bits per heavy atom. The molecular weight excluding hydrogens is 268 g/mol. The molecule has 5 heteroatoms. The average Bonchev–Trinajstić information content (AvgIpc) is 2.45. The van der Waals surface area contributed by atoms with Crippen LogP contribution in [0.5, 0.6) is 0 Å². The van der Waals surface area contributed by atoms with Crippen LogP contribution < -0.4 is 5.73 Å². The maximum absolute atomic E-state index is 12.8. The fourth-order valence-corrected chi connectivity index (χ4v) is 3.42. The number of carboxylic acid groups (broad SMARTS) is 1. The summed E-state index contributed by atoms with van der Waals surface area (Å²) >= 11 is 0. The number of carbonyl (C=O) groups excluding carboxylic acids is 1. The van der Waals surface area contributed by atoms with Crippen LogP contribution in [0.3, 0.4) is 0 Å². The van der Waals surface area contributed by atoms with Gasteiger partial charge in [-0.25, -0.2) is 0 Å². The number of amides is 1. The number of nitrogens with two attached hydrogens (primary N) is 1. The van der Waals surface area contributed by atoms with Gasteiger partial charge in [0.05, 0.1) is 11.3 Å². The summed E-state index contributed by atoms with van der Waals surface area (Å²) in [6, 6.07) is 7.48. The number of carboxylic acids is 1. The van der Waals surface area contributed by atoms with Crippen molar-refractivity contribution in [3.05, 3.63) is 35.4 Å². The van der Waals surface area contributed by atoms with Crippen LogP contribution in [0.15, 0.2) is 24.3 Å². The van der Waals surface area contributed by atoms with Crippen molar-refractivity contribution in [2.24, 2.45) is 11.1 Å². The molecule has 0 bridgehead atoms. The highest BCUT2D eigenvalue weighted by molar-refractivity contribution is 5.86. The van der Waals surface area contributed by atoms with E-state index in [1.54, 1.807) is 4.90 Å². The molecule has 3 N–H and O–H groups in total. The molecule has 1 saturated carbocycles. The van der Waals surface area contributed by atoms with Gasteiger partial charge in [-0.3, -0.25) is 9.59 Å². The maximum Gasteiger partial charge on any atom is 0.312 e. The molecule has 1 aliphatic heterocycles. The van der Waals surface area contributed by atoms with Crippen molar-refractivity contribution in [3.63, 3.8) is 0 Å². The highest BCUT2D eigenvalue weighted by Gasteiger charge is 2.46. The van der Waals surface area contributed by atoms with Gasteiger partial charge in [0.2, 0.25) is 5.91 Å². The summed E-state index contributed by atoms with van der Waals surface area (Å²) in [4.78, 5) is 26.0. The topological polar surface area (TPSA) is 83.6 Å². The molecule has 0 aromatic heterocycles. The summed E-state index contributed by atoms with van der Waals surface area (Å²) in [6.07, 6.45) is 2.66. The number of rotatable bonds is 3. The number of carbonyl (C=O) groups is 2. The molecule has 112 valence electrons. The quantitative estimate of drug-likeness (QED) is 0.878. The van der Waals surface area contributed by atoms with E-state index in [0.717, 1.165) is 30.4 Å². The predicted octanol–water partition coefficient (Wildman–Crippen LogP) is 1.33. The molecule has 2 aliphatic rings.